The third-order valence-electron chi connectivity index (χ3n) is 3.70. The van der Waals surface area contributed by atoms with Gasteiger partial charge in [-0.1, -0.05) is 13.0 Å². The Balaban J connectivity index is 2.29. The van der Waals surface area contributed by atoms with Crippen molar-refractivity contribution in [1.29, 1.82) is 0 Å². The lowest BCUT2D eigenvalue weighted by Crippen LogP contribution is -2.25. The molecule has 9 heteroatoms. The summed E-state index contributed by atoms with van der Waals surface area (Å²) in [5, 5.41) is 5.31. The summed E-state index contributed by atoms with van der Waals surface area (Å²) >= 11 is 0. The zero-order valence-electron chi connectivity index (χ0n) is 15.9. The Bertz CT molecular complexity index is 973. The molecule has 2 amide bonds. The molecule has 0 bridgehead atoms. The fourth-order valence-corrected chi connectivity index (χ4v) is 3.75. The minimum Gasteiger partial charge on any atom is -0.495 e. The van der Waals surface area contributed by atoms with E-state index in [4.69, 9.17) is 4.74 Å². The van der Waals surface area contributed by atoms with Gasteiger partial charge in [0.2, 0.25) is 15.9 Å². The Morgan fingerprint density at radius 1 is 1.04 bits per heavy atom. The second-order valence-electron chi connectivity index (χ2n) is 5.98. The van der Waals surface area contributed by atoms with Gasteiger partial charge in [0.15, 0.2) is 0 Å². The summed E-state index contributed by atoms with van der Waals surface area (Å²) in [6.07, 6.45) is 0.631. The van der Waals surface area contributed by atoms with Crippen molar-refractivity contribution in [3.8, 4) is 5.75 Å². The normalized spacial score (nSPS) is 11.0. The Morgan fingerprint density at radius 2 is 1.71 bits per heavy atom. The molecule has 0 aromatic heterocycles. The van der Waals surface area contributed by atoms with Crippen molar-refractivity contribution in [3.05, 3.63) is 48.0 Å². The van der Waals surface area contributed by atoms with Gasteiger partial charge in [0.05, 0.1) is 7.11 Å². The van der Waals surface area contributed by atoms with Crippen LogP contribution in [0.2, 0.25) is 0 Å². The largest absolute Gasteiger partial charge is 0.495 e. The Kier molecular flexibility index (Phi) is 7.13. The van der Waals surface area contributed by atoms with E-state index in [9.17, 15) is 18.0 Å². The standard InChI is InChI=1S/C19H23N3O5S/c1-4-10-20-28(25,26)18-11-14(8-9-17(18)27-3)19(24)22-16-7-5-6-15(12-16)21-13(2)23/h5-9,11-12,20H,4,10H2,1-3H3,(H,21,23)(H,22,24). The average molecular weight is 405 g/mol. The summed E-state index contributed by atoms with van der Waals surface area (Å²) in [5.41, 5.74) is 1.15. The summed E-state index contributed by atoms with van der Waals surface area (Å²) in [5.74, 6) is -0.574. The fraction of sp³-hybridized carbons (Fsp3) is 0.263. The van der Waals surface area contributed by atoms with Crippen molar-refractivity contribution in [2.75, 3.05) is 24.3 Å². The first kappa shape index (κ1) is 21.4. The van der Waals surface area contributed by atoms with Gasteiger partial charge < -0.3 is 15.4 Å². The van der Waals surface area contributed by atoms with Crippen LogP contribution in [0.4, 0.5) is 11.4 Å². The van der Waals surface area contributed by atoms with E-state index < -0.39 is 15.9 Å². The quantitative estimate of drug-likeness (QED) is 0.625. The molecule has 2 rings (SSSR count). The number of methoxy groups -OCH3 is 1. The maximum atomic E-state index is 12.6. The molecule has 2 aromatic carbocycles. The molecule has 0 saturated heterocycles. The van der Waals surface area contributed by atoms with E-state index in [1.807, 2.05) is 6.92 Å². The highest BCUT2D eigenvalue weighted by Gasteiger charge is 2.21. The molecular weight excluding hydrogens is 382 g/mol. The van der Waals surface area contributed by atoms with Gasteiger partial charge in [-0.05, 0) is 42.8 Å². The van der Waals surface area contributed by atoms with E-state index in [0.29, 0.717) is 17.8 Å². The third kappa shape index (κ3) is 5.54. The molecule has 0 aliphatic heterocycles. The minimum absolute atomic E-state index is 0.108. The van der Waals surface area contributed by atoms with Gasteiger partial charge in [-0.2, -0.15) is 0 Å². The van der Waals surface area contributed by atoms with Gasteiger partial charge in [0.1, 0.15) is 10.6 Å². The maximum Gasteiger partial charge on any atom is 0.255 e. The van der Waals surface area contributed by atoms with Crippen molar-refractivity contribution in [2.24, 2.45) is 0 Å². The van der Waals surface area contributed by atoms with Crippen LogP contribution >= 0.6 is 0 Å². The minimum atomic E-state index is -3.82. The van der Waals surface area contributed by atoms with Crippen molar-refractivity contribution in [3.63, 3.8) is 0 Å². The van der Waals surface area contributed by atoms with Crippen LogP contribution in [0, 0.1) is 0 Å². The van der Waals surface area contributed by atoms with Crippen LogP contribution in [-0.2, 0) is 14.8 Å². The van der Waals surface area contributed by atoms with E-state index in [0.717, 1.165) is 0 Å². The number of amides is 2. The lowest BCUT2D eigenvalue weighted by atomic mass is 10.2. The molecule has 0 atom stereocenters. The summed E-state index contributed by atoms with van der Waals surface area (Å²) in [4.78, 5) is 23.6. The lowest BCUT2D eigenvalue weighted by Gasteiger charge is -2.13. The van der Waals surface area contributed by atoms with Gasteiger partial charge in [-0.25, -0.2) is 13.1 Å². The second-order valence-corrected chi connectivity index (χ2v) is 7.71. The van der Waals surface area contributed by atoms with Crippen LogP contribution in [0.3, 0.4) is 0 Å². The number of hydrogen-bond acceptors (Lipinski definition) is 5. The molecule has 0 spiro atoms. The third-order valence-corrected chi connectivity index (χ3v) is 5.18. The molecule has 28 heavy (non-hydrogen) atoms. The highest BCUT2D eigenvalue weighted by Crippen LogP contribution is 2.25. The van der Waals surface area contributed by atoms with Gasteiger partial charge in [0, 0.05) is 30.4 Å². The highest BCUT2D eigenvalue weighted by atomic mass is 32.2. The Morgan fingerprint density at radius 3 is 2.32 bits per heavy atom. The van der Waals surface area contributed by atoms with E-state index in [-0.39, 0.29) is 28.7 Å². The van der Waals surface area contributed by atoms with Gasteiger partial charge in [-0.15, -0.1) is 0 Å². The Hall–Kier alpha value is -2.91. The van der Waals surface area contributed by atoms with Gasteiger partial charge in [0.25, 0.3) is 5.91 Å². The zero-order valence-corrected chi connectivity index (χ0v) is 16.7. The summed E-state index contributed by atoms with van der Waals surface area (Å²) in [7, 11) is -2.45. The number of ether oxygens (including phenoxy) is 1. The number of sulfonamides is 1. The molecule has 0 heterocycles. The van der Waals surface area contributed by atoms with Crippen molar-refractivity contribution in [1.82, 2.24) is 4.72 Å². The monoisotopic (exact) mass is 405 g/mol. The van der Waals surface area contributed by atoms with Crippen LogP contribution in [0.1, 0.15) is 30.6 Å². The van der Waals surface area contributed by atoms with E-state index >= 15 is 0 Å². The number of rotatable bonds is 8. The molecule has 2 aromatic rings. The molecule has 150 valence electrons. The molecule has 0 unspecified atom stereocenters. The first-order valence-electron chi connectivity index (χ1n) is 8.63. The van der Waals surface area contributed by atoms with Crippen molar-refractivity contribution < 1.29 is 22.7 Å². The topological polar surface area (TPSA) is 114 Å². The first-order chi connectivity index (χ1) is 13.3. The van der Waals surface area contributed by atoms with Crippen molar-refractivity contribution >= 4 is 33.2 Å². The summed E-state index contributed by atoms with van der Waals surface area (Å²) < 4.78 is 32.6. The first-order valence-corrected chi connectivity index (χ1v) is 10.1. The lowest BCUT2D eigenvalue weighted by molar-refractivity contribution is -0.114. The second kappa shape index (κ2) is 9.34. The maximum absolute atomic E-state index is 12.6. The SMILES string of the molecule is CCCNS(=O)(=O)c1cc(C(=O)Nc2cccc(NC(C)=O)c2)ccc1OC. The molecule has 0 aliphatic carbocycles. The number of nitrogens with one attached hydrogen (secondary N) is 3. The van der Waals surface area contributed by atoms with E-state index in [1.54, 1.807) is 24.3 Å². The number of hydrogen-bond donors (Lipinski definition) is 3. The van der Waals surface area contributed by atoms with E-state index in [1.165, 1.54) is 32.2 Å². The molecule has 0 fully saturated rings. The number of anilines is 2. The van der Waals surface area contributed by atoms with Crippen LogP contribution in [-0.4, -0.2) is 33.9 Å². The van der Waals surface area contributed by atoms with Crippen LogP contribution in [0.15, 0.2) is 47.4 Å². The molecular formula is C19H23N3O5S. The molecule has 8 nitrogen and oxygen atoms in total. The average Bonchev–Trinajstić information content (AvgIpc) is 2.65. The number of benzene rings is 2. The van der Waals surface area contributed by atoms with Gasteiger partial charge >= 0.3 is 0 Å². The smallest absolute Gasteiger partial charge is 0.255 e. The van der Waals surface area contributed by atoms with Crippen LogP contribution in [0.5, 0.6) is 5.75 Å². The predicted molar refractivity (Wildman–Crippen MR) is 107 cm³/mol. The van der Waals surface area contributed by atoms with Crippen LogP contribution < -0.4 is 20.1 Å². The summed E-state index contributed by atoms with van der Waals surface area (Å²) in [6, 6.07) is 10.8. The van der Waals surface area contributed by atoms with E-state index in [2.05, 4.69) is 15.4 Å². The Labute approximate surface area is 164 Å². The van der Waals surface area contributed by atoms with Crippen LogP contribution in [0.25, 0.3) is 0 Å². The van der Waals surface area contributed by atoms with Gasteiger partial charge in [-0.3, -0.25) is 9.59 Å². The fourth-order valence-electron chi connectivity index (χ4n) is 2.42. The number of carbonyl (C=O) groups excluding carboxylic acids is 2. The predicted octanol–water partition coefficient (Wildman–Crippen LogP) is 2.59. The number of carbonyl (C=O) groups is 2. The summed E-state index contributed by atoms with van der Waals surface area (Å²) in [6.45, 7) is 3.51. The highest BCUT2D eigenvalue weighted by molar-refractivity contribution is 7.89. The molecule has 0 saturated carbocycles. The zero-order chi connectivity index (χ0) is 20.7. The molecule has 0 radical (unpaired) electrons. The molecule has 0 aliphatic rings. The van der Waals surface area contributed by atoms with Crippen molar-refractivity contribution in [2.45, 2.75) is 25.2 Å². The molecule has 3 N–H and O–H groups in total.